The van der Waals surface area contributed by atoms with Gasteiger partial charge in [-0.3, -0.25) is 4.79 Å². The average molecular weight is 412 g/mol. The molecular weight excluding hydrogens is 374 g/mol. The molecule has 1 aromatic carbocycles. The standard InChI is InChI=1S/C25H37N3O2/c1-4-28(5-2)17-9-10-19(3)26-25(29)23-18-24(30-27-23)22-15-13-21(14-16-22)20-11-7-6-8-12-20/h13-16,18-20H,4-12,17H2,1-3H3,(H,26,29). The predicted molar refractivity (Wildman–Crippen MR) is 122 cm³/mol. The second kappa shape index (κ2) is 11.3. The number of carbonyl (C=O) groups is 1. The first-order chi connectivity index (χ1) is 14.6. The molecule has 1 aliphatic rings. The summed E-state index contributed by atoms with van der Waals surface area (Å²) in [6, 6.07) is 10.4. The highest BCUT2D eigenvalue weighted by atomic mass is 16.5. The van der Waals surface area contributed by atoms with Gasteiger partial charge in [-0.25, -0.2) is 0 Å². The van der Waals surface area contributed by atoms with E-state index in [0.29, 0.717) is 17.4 Å². The maximum Gasteiger partial charge on any atom is 0.273 e. The zero-order valence-electron chi connectivity index (χ0n) is 18.8. The Morgan fingerprint density at radius 1 is 1.17 bits per heavy atom. The van der Waals surface area contributed by atoms with Gasteiger partial charge in [0.25, 0.3) is 5.91 Å². The molecule has 1 N–H and O–H groups in total. The van der Waals surface area contributed by atoms with Gasteiger partial charge in [-0.1, -0.05) is 62.5 Å². The van der Waals surface area contributed by atoms with Crippen molar-refractivity contribution in [1.82, 2.24) is 15.4 Å². The second-order valence-electron chi connectivity index (χ2n) is 8.58. The van der Waals surface area contributed by atoms with E-state index in [1.807, 2.05) is 6.92 Å². The molecule has 2 aromatic rings. The van der Waals surface area contributed by atoms with Crippen molar-refractivity contribution in [3.63, 3.8) is 0 Å². The third kappa shape index (κ3) is 6.18. The molecule has 1 amide bonds. The lowest BCUT2D eigenvalue weighted by Crippen LogP contribution is -2.33. The van der Waals surface area contributed by atoms with Crippen LogP contribution in [0, 0.1) is 0 Å². The number of nitrogens with one attached hydrogen (secondary N) is 1. The summed E-state index contributed by atoms with van der Waals surface area (Å²) < 4.78 is 5.46. The molecule has 0 aliphatic heterocycles. The Labute approximate surface area is 181 Å². The molecule has 3 rings (SSSR count). The molecular formula is C25H37N3O2. The molecule has 1 fully saturated rings. The third-order valence-electron chi connectivity index (χ3n) is 6.40. The van der Waals surface area contributed by atoms with Gasteiger partial charge in [-0.15, -0.1) is 0 Å². The van der Waals surface area contributed by atoms with Crippen molar-refractivity contribution in [2.24, 2.45) is 0 Å². The molecule has 5 nitrogen and oxygen atoms in total. The van der Waals surface area contributed by atoms with Gasteiger partial charge < -0.3 is 14.7 Å². The molecule has 1 atom stereocenters. The number of aromatic nitrogens is 1. The van der Waals surface area contributed by atoms with Crippen molar-refractivity contribution in [1.29, 1.82) is 0 Å². The summed E-state index contributed by atoms with van der Waals surface area (Å²) >= 11 is 0. The van der Waals surface area contributed by atoms with Crippen molar-refractivity contribution < 1.29 is 9.32 Å². The molecule has 0 radical (unpaired) electrons. The van der Waals surface area contributed by atoms with Crippen LogP contribution >= 0.6 is 0 Å². The largest absolute Gasteiger partial charge is 0.355 e. The Morgan fingerprint density at radius 2 is 1.87 bits per heavy atom. The number of hydrogen-bond acceptors (Lipinski definition) is 4. The van der Waals surface area contributed by atoms with Gasteiger partial charge in [0, 0.05) is 17.7 Å². The van der Waals surface area contributed by atoms with Crippen LogP contribution in [0.4, 0.5) is 0 Å². The van der Waals surface area contributed by atoms with Gasteiger partial charge in [0.1, 0.15) is 0 Å². The van der Waals surface area contributed by atoms with Crippen LogP contribution in [0.2, 0.25) is 0 Å². The summed E-state index contributed by atoms with van der Waals surface area (Å²) in [6.45, 7) is 9.62. The SMILES string of the molecule is CCN(CC)CCCC(C)NC(=O)c1cc(-c2ccc(C3CCCCC3)cc2)on1. The van der Waals surface area contributed by atoms with E-state index in [1.165, 1.54) is 37.7 Å². The lowest BCUT2D eigenvalue weighted by molar-refractivity contribution is 0.0928. The molecule has 30 heavy (non-hydrogen) atoms. The molecule has 164 valence electrons. The van der Waals surface area contributed by atoms with Crippen molar-refractivity contribution in [2.45, 2.75) is 77.7 Å². The number of rotatable bonds is 10. The Bertz CT molecular complexity index is 774. The van der Waals surface area contributed by atoms with Gasteiger partial charge in [0.2, 0.25) is 0 Å². The van der Waals surface area contributed by atoms with Crippen LogP contribution in [-0.4, -0.2) is 41.6 Å². The van der Waals surface area contributed by atoms with Crippen LogP contribution in [0.3, 0.4) is 0 Å². The Hall–Kier alpha value is -2.14. The summed E-state index contributed by atoms with van der Waals surface area (Å²) in [5, 5.41) is 7.04. The van der Waals surface area contributed by atoms with Crippen LogP contribution < -0.4 is 5.32 Å². The molecule has 1 aromatic heterocycles. The minimum Gasteiger partial charge on any atom is -0.355 e. The van der Waals surface area contributed by atoms with E-state index in [2.05, 4.69) is 53.5 Å². The third-order valence-corrected chi connectivity index (χ3v) is 6.40. The molecule has 0 bridgehead atoms. The van der Waals surface area contributed by atoms with Gasteiger partial charge >= 0.3 is 0 Å². The number of benzene rings is 1. The highest BCUT2D eigenvalue weighted by Gasteiger charge is 2.18. The first-order valence-electron chi connectivity index (χ1n) is 11.7. The van der Waals surface area contributed by atoms with E-state index in [4.69, 9.17) is 4.52 Å². The fourth-order valence-electron chi connectivity index (χ4n) is 4.40. The fraction of sp³-hybridized carbons (Fsp3) is 0.600. The van der Waals surface area contributed by atoms with Crippen molar-refractivity contribution >= 4 is 5.91 Å². The number of hydrogen-bond donors (Lipinski definition) is 1. The lowest BCUT2D eigenvalue weighted by Gasteiger charge is -2.21. The van der Waals surface area contributed by atoms with Crippen molar-refractivity contribution in [2.75, 3.05) is 19.6 Å². The summed E-state index contributed by atoms with van der Waals surface area (Å²) in [5.41, 5.74) is 2.72. The molecule has 5 heteroatoms. The highest BCUT2D eigenvalue weighted by molar-refractivity contribution is 5.93. The predicted octanol–water partition coefficient (Wildman–Crippen LogP) is 5.63. The molecule has 0 saturated heterocycles. The Balaban J connectivity index is 1.51. The van der Waals surface area contributed by atoms with Gasteiger partial charge in [-0.2, -0.15) is 0 Å². The maximum atomic E-state index is 12.5. The Kier molecular flexibility index (Phi) is 8.50. The minimum atomic E-state index is -0.167. The smallest absolute Gasteiger partial charge is 0.273 e. The van der Waals surface area contributed by atoms with Crippen LogP contribution in [0.15, 0.2) is 34.9 Å². The highest BCUT2D eigenvalue weighted by Crippen LogP contribution is 2.33. The summed E-state index contributed by atoms with van der Waals surface area (Å²) in [4.78, 5) is 14.9. The number of amides is 1. The van der Waals surface area contributed by atoms with E-state index >= 15 is 0 Å². The van der Waals surface area contributed by atoms with Crippen LogP contribution in [0.25, 0.3) is 11.3 Å². The summed E-state index contributed by atoms with van der Waals surface area (Å²) in [6.07, 6.45) is 8.64. The number of nitrogens with zero attached hydrogens (tertiary/aromatic N) is 2. The monoisotopic (exact) mass is 411 g/mol. The van der Waals surface area contributed by atoms with Gasteiger partial charge in [0.05, 0.1) is 0 Å². The van der Waals surface area contributed by atoms with Crippen LogP contribution in [0.1, 0.15) is 87.7 Å². The minimum absolute atomic E-state index is 0.114. The van der Waals surface area contributed by atoms with E-state index in [9.17, 15) is 4.79 Å². The average Bonchev–Trinajstić information content (AvgIpc) is 3.28. The molecule has 1 unspecified atom stereocenters. The fourth-order valence-corrected chi connectivity index (χ4v) is 4.40. The maximum absolute atomic E-state index is 12.5. The first-order valence-corrected chi connectivity index (χ1v) is 11.7. The van der Waals surface area contributed by atoms with Crippen molar-refractivity contribution in [3.8, 4) is 11.3 Å². The van der Waals surface area contributed by atoms with Crippen LogP contribution in [0.5, 0.6) is 0 Å². The van der Waals surface area contributed by atoms with E-state index in [0.717, 1.165) is 38.0 Å². The Morgan fingerprint density at radius 3 is 2.53 bits per heavy atom. The lowest BCUT2D eigenvalue weighted by atomic mass is 9.84. The van der Waals surface area contributed by atoms with E-state index < -0.39 is 0 Å². The number of carbonyl (C=O) groups excluding carboxylic acids is 1. The second-order valence-corrected chi connectivity index (χ2v) is 8.58. The topological polar surface area (TPSA) is 58.4 Å². The summed E-state index contributed by atoms with van der Waals surface area (Å²) in [5.74, 6) is 1.16. The van der Waals surface area contributed by atoms with E-state index in [-0.39, 0.29) is 11.9 Å². The zero-order valence-corrected chi connectivity index (χ0v) is 18.8. The normalized spacial score (nSPS) is 16.0. The zero-order chi connectivity index (χ0) is 21.3. The van der Waals surface area contributed by atoms with E-state index in [1.54, 1.807) is 6.07 Å². The first kappa shape index (κ1) is 22.5. The molecule has 1 aliphatic carbocycles. The van der Waals surface area contributed by atoms with Gasteiger partial charge in [-0.05, 0) is 63.7 Å². The summed E-state index contributed by atoms with van der Waals surface area (Å²) in [7, 11) is 0. The van der Waals surface area contributed by atoms with Gasteiger partial charge in [0.15, 0.2) is 11.5 Å². The van der Waals surface area contributed by atoms with Crippen molar-refractivity contribution in [3.05, 3.63) is 41.6 Å². The molecule has 1 saturated carbocycles. The molecule has 0 spiro atoms. The van der Waals surface area contributed by atoms with Crippen LogP contribution in [-0.2, 0) is 0 Å². The quantitative estimate of drug-likeness (QED) is 0.550. The molecule has 1 heterocycles.